The molecular formula is C18H16ClN3O3. The molecule has 2 aromatic carbocycles. The number of hydrogen-bond donors (Lipinski definition) is 2. The second-order valence-electron chi connectivity index (χ2n) is 5.59. The minimum atomic E-state index is -0.245. The number of carbonyl (C=O) groups is 1. The Hall–Kier alpha value is -2.86. The summed E-state index contributed by atoms with van der Waals surface area (Å²) in [7, 11) is 0. The summed E-state index contributed by atoms with van der Waals surface area (Å²) < 4.78 is 5.17. The van der Waals surface area contributed by atoms with Gasteiger partial charge in [-0.2, -0.15) is 4.98 Å². The fraction of sp³-hybridized carbons (Fsp3) is 0.167. The van der Waals surface area contributed by atoms with Crippen molar-refractivity contribution in [3.63, 3.8) is 0 Å². The molecule has 0 bridgehead atoms. The second kappa shape index (κ2) is 7.36. The zero-order valence-electron chi connectivity index (χ0n) is 13.5. The van der Waals surface area contributed by atoms with Crippen molar-refractivity contribution in [3.8, 4) is 17.1 Å². The van der Waals surface area contributed by atoms with Crippen LogP contribution in [0.5, 0.6) is 5.75 Å². The first-order valence-electron chi connectivity index (χ1n) is 7.69. The number of hydrogen-bond acceptors (Lipinski definition) is 5. The summed E-state index contributed by atoms with van der Waals surface area (Å²) in [5.41, 5.74) is 2.08. The normalized spacial score (nSPS) is 10.6. The number of phenolic OH excluding ortho intramolecular Hbond substituents is 1. The quantitative estimate of drug-likeness (QED) is 0.674. The maximum atomic E-state index is 12.0. The largest absolute Gasteiger partial charge is 0.506 e. The van der Waals surface area contributed by atoms with Gasteiger partial charge in [-0.25, -0.2) is 0 Å². The standard InChI is InChI=1S/C18H16ClN3O3/c1-11-2-7-14(15(23)10-11)20-16(24)8-9-17-21-18(22-25-17)12-3-5-13(19)6-4-12/h2-7,10,23H,8-9H2,1H3,(H,20,24). The molecule has 128 valence electrons. The van der Waals surface area contributed by atoms with Gasteiger partial charge in [0.25, 0.3) is 0 Å². The topological polar surface area (TPSA) is 88.3 Å². The molecule has 0 atom stereocenters. The number of aromatic nitrogens is 2. The van der Waals surface area contributed by atoms with E-state index in [9.17, 15) is 9.90 Å². The van der Waals surface area contributed by atoms with Crippen molar-refractivity contribution in [1.82, 2.24) is 10.1 Å². The molecule has 0 saturated carbocycles. The molecule has 2 N–H and O–H groups in total. The van der Waals surface area contributed by atoms with Gasteiger partial charge in [-0.3, -0.25) is 4.79 Å². The molecule has 0 fully saturated rings. The SMILES string of the molecule is Cc1ccc(NC(=O)CCc2nc(-c3ccc(Cl)cc3)no2)c(O)c1. The van der Waals surface area contributed by atoms with E-state index in [1.54, 1.807) is 36.4 Å². The third-order valence-electron chi connectivity index (χ3n) is 3.56. The van der Waals surface area contributed by atoms with Gasteiger partial charge < -0.3 is 14.9 Å². The van der Waals surface area contributed by atoms with Crippen LogP contribution in [0.4, 0.5) is 5.69 Å². The lowest BCUT2D eigenvalue weighted by atomic mass is 10.2. The number of halogens is 1. The molecule has 1 heterocycles. The number of benzene rings is 2. The highest BCUT2D eigenvalue weighted by Crippen LogP contribution is 2.24. The van der Waals surface area contributed by atoms with Crippen LogP contribution in [0.3, 0.4) is 0 Å². The third kappa shape index (κ3) is 4.36. The highest BCUT2D eigenvalue weighted by Gasteiger charge is 2.12. The molecular weight excluding hydrogens is 342 g/mol. The molecule has 7 heteroatoms. The Balaban J connectivity index is 1.58. The monoisotopic (exact) mass is 357 g/mol. The highest BCUT2D eigenvalue weighted by atomic mass is 35.5. The first-order chi connectivity index (χ1) is 12.0. The summed E-state index contributed by atoms with van der Waals surface area (Å²) in [6, 6.07) is 12.1. The molecule has 3 aromatic rings. The molecule has 25 heavy (non-hydrogen) atoms. The summed E-state index contributed by atoms with van der Waals surface area (Å²) in [6.07, 6.45) is 0.467. The van der Waals surface area contributed by atoms with Gasteiger partial charge in [-0.1, -0.05) is 22.8 Å². The Labute approximate surface area is 149 Å². The van der Waals surface area contributed by atoms with Gasteiger partial charge in [-0.15, -0.1) is 0 Å². The van der Waals surface area contributed by atoms with E-state index in [4.69, 9.17) is 16.1 Å². The number of anilines is 1. The first-order valence-corrected chi connectivity index (χ1v) is 8.07. The van der Waals surface area contributed by atoms with Crippen LogP contribution < -0.4 is 5.32 Å². The van der Waals surface area contributed by atoms with Gasteiger partial charge in [0.2, 0.25) is 17.6 Å². The van der Waals surface area contributed by atoms with Crippen molar-refractivity contribution in [3.05, 3.63) is 58.9 Å². The summed E-state index contributed by atoms with van der Waals surface area (Å²) in [4.78, 5) is 16.3. The summed E-state index contributed by atoms with van der Waals surface area (Å²) in [5, 5.41) is 17.0. The molecule has 0 spiro atoms. The highest BCUT2D eigenvalue weighted by molar-refractivity contribution is 6.30. The number of aryl methyl sites for hydroxylation is 2. The van der Waals surface area contributed by atoms with Crippen LogP contribution in [0, 0.1) is 6.92 Å². The molecule has 0 aliphatic heterocycles. The van der Waals surface area contributed by atoms with Crippen molar-refractivity contribution in [2.75, 3.05) is 5.32 Å². The molecule has 1 aromatic heterocycles. The molecule has 0 saturated heterocycles. The van der Waals surface area contributed by atoms with Crippen LogP contribution >= 0.6 is 11.6 Å². The van der Waals surface area contributed by atoms with Crippen LogP contribution in [0.25, 0.3) is 11.4 Å². The zero-order valence-corrected chi connectivity index (χ0v) is 14.2. The van der Waals surface area contributed by atoms with E-state index in [0.717, 1.165) is 11.1 Å². The number of carbonyl (C=O) groups excluding carboxylic acids is 1. The average Bonchev–Trinajstić information content (AvgIpc) is 3.05. The number of nitrogens with one attached hydrogen (secondary N) is 1. The molecule has 0 unspecified atom stereocenters. The van der Waals surface area contributed by atoms with E-state index in [0.29, 0.717) is 28.8 Å². The molecule has 3 rings (SSSR count). The lowest BCUT2D eigenvalue weighted by molar-refractivity contribution is -0.116. The smallest absolute Gasteiger partial charge is 0.227 e. The van der Waals surface area contributed by atoms with Gasteiger partial charge >= 0.3 is 0 Å². The van der Waals surface area contributed by atoms with Gasteiger partial charge in [0.05, 0.1) is 5.69 Å². The van der Waals surface area contributed by atoms with E-state index >= 15 is 0 Å². The van der Waals surface area contributed by atoms with Crippen LogP contribution in [0.2, 0.25) is 5.02 Å². The van der Waals surface area contributed by atoms with Gasteiger partial charge in [0, 0.05) is 23.4 Å². The number of aromatic hydroxyl groups is 1. The van der Waals surface area contributed by atoms with E-state index in [2.05, 4.69) is 15.5 Å². The van der Waals surface area contributed by atoms with Crippen molar-refractivity contribution < 1.29 is 14.4 Å². The van der Waals surface area contributed by atoms with Gasteiger partial charge in [0.15, 0.2) is 0 Å². The van der Waals surface area contributed by atoms with Gasteiger partial charge in [-0.05, 0) is 48.9 Å². The van der Waals surface area contributed by atoms with E-state index in [1.165, 1.54) is 0 Å². The maximum Gasteiger partial charge on any atom is 0.227 e. The minimum Gasteiger partial charge on any atom is -0.506 e. The third-order valence-corrected chi connectivity index (χ3v) is 3.82. The van der Waals surface area contributed by atoms with Crippen molar-refractivity contribution in [1.29, 1.82) is 0 Å². The Morgan fingerprint density at radius 3 is 2.72 bits per heavy atom. The van der Waals surface area contributed by atoms with E-state index in [1.807, 2.05) is 13.0 Å². The summed E-state index contributed by atoms with van der Waals surface area (Å²) in [5.74, 6) is 0.609. The average molecular weight is 358 g/mol. The summed E-state index contributed by atoms with van der Waals surface area (Å²) >= 11 is 5.85. The molecule has 0 radical (unpaired) electrons. The number of nitrogens with zero attached hydrogens (tertiary/aromatic N) is 2. The fourth-order valence-corrected chi connectivity index (χ4v) is 2.38. The predicted octanol–water partition coefficient (Wildman–Crippen LogP) is 3.98. The molecule has 6 nitrogen and oxygen atoms in total. The Kier molecular flexibility index (Phi) is 5.00. The van der Waals surface area contributed by atoms with Crippen LogP contribution in [0.1, 0.15) is 17.9 Å². The van der Waals surface area contributed by atoms with Crippen molar-refractivity contribution in [2.45, 2.75) is 19.8 Å². The van der Waals surface area contributed by atoms with Crippen LogP contribution in [-0.4, -0.2) is 21.2 Å². The number of rotatable bonds is 5. The maximum absolute atomic E-state index is 12.0. The second-order valence-corrected chi connectivity index (χ2v) is 6.02. The van der Waals surface area contributed by atoms with Gasteiger partial charge in [0.1, 0.15) is 5.75 Å². The van der Waals surface area contributed by atoms with Crippen LogP contribution in [0.15, 0.2) is 47.0 Å². The summed E-state index contributed by atoms with van der Waals surface area (Å²) in [6.45, 7) is 1.86. The Bertz CT molecular complexity index is 891. The van der Waals surface area contributed by atoms with E-state index < -0.39 is 0 Å². The number of phenols is 1. The lowest BCUT2D eigenvalue weighted by Crippen LogP contribution is -2.12. The molecule has 0 aliphatic carbocycles. The molecule has 0 aliphatic rings. The molecule has 1 amide bonds. The van der Waals surface area contributed by atoms with E-state index in [-0.39, 0.29) is 18.1 Å². The van der Waals surface area contributed by atoms with Crippen molar-refractivity contribution in [2.24, 2.45) is 0 Å². The van der Waals surface area contributed by atoms with Crippen molar-refractivity contribution >= 4 is 23.2 Å². The van der Waals surface area contributed by atoms with Crippen LogP contribution in [-0.2, 0) is 11.2 Å². The Morgan fingerprint density at radius 2 is 2.00 bits per heavy atom. The number of amides is 1. The lowest BCUT2D eigenvalue weighted by Gasteiger charge is -2.07. The fourth-order valence-electron chi connectivity index (χ4n) is 2.25. The first kappa shape index (κ1) is 17.0. The predicted molar refractivity (Wildman–Crippen MR) is 94.5 cm³/mol. The Morgan fingerprint density at radius 1 is 1.24 bits per heavy atom. The zero-order chi connectivity index (χ0) is 17.8. The minimum absolute atomic E-state index is 0.0381.